The fourth-order valence-electron chi connectivity index (χ4n) is 7.61. The van der Waals surface area contributed by atoms with Gasteiger partial charge in [0.05, 0.1) is 0 Å². The van der Waals surface area contributed by atoms with Gasteiger partial charge in [-0.2, -0.15) is 0 Å². The van der Waals surface area contributed by atoms with Crippen molar-refractivity contribution in [1.29, 1.82) is 0 Å². The summed E-state index contributed by atoms with van der Waals surface area (Å²) < 4.78 is 12.7. The molecule has 4 rings (SSSR count). The number of ketones is 1. The third-order valence-electron chi connectivity index (χ3n) is 9.20. The molecule has 1 unspecified atom stereocenters. The van der Waals surface area contributed by atoms with E-state index >= 15 is 0 Å². The number of hydrogen-bond donors (Lipinski definition) is 1. The fraction of sp³-hybridized carbons (Fsp3) is 0.870. The van der Waals surface area contributed by atoms with E-state index in [1.165, 1.54) is 18.4 Å². The largest absolute Gasteiger partial charge is 0.330 e. The lowest BCUT2D eigenvalue weighted by molar-refractivity contribution is -0.135. The van der Waals surface area contributed by atoms with Crippen LogP contribution in [-0.2, 0) is 15.6 Å². The molecule has 4 heteroatoms. The first-order valence-corrected chi connectivity index (χ1v) is 12.5. The van der Waals surface area contributed by atoms with E-state index in [0.29, 0.717) is 40.7 Å². The number of allylic oxidation sites excluding steroid dienone is 1. The Hall–Kier alpha value is -0.480. The Kier molecular flexibility index (Phi) is 5.20. The normalized spacial score (nSPS) is 47.9. The molecule has 3 nitrogen and oxygen atoms in total. The molecule has 8 atom stereocenters. The molecule has 0 amide bonds. The van der Waals surface area contributed by atoms with E-state index in [1.807, 2.05) is 0 Å². The first kappa shape index (κ1) is 19.8. The van der Waals surface area contributed by atoms with Gasteiger partial charge in [-0.1, -0.05) is 26.0 Å². The molecular weight excluding hydrogens is 354 g/mol. The summed E-state index contributed by atoms with van der Waals surface area (Å²) in [5.74, 6) is 3.71. The molecule has 2 N–H and O–H groups in total. The number of hydrogen-bond acceptors (Lipinski definition) is 3. The zero-order valence-corrected chi connectivity index (χ0v) is 18.0. The quantitative estimate of drug-likeness (QED) is 0.730. The zero-order chi connectivity index (χ0) is 19.4. The van der Waals surface area contributed by atoms with E-state index in [4.69, 9.17) is 5.73 Å². The molecule has 0 aromatic carbocycles. The van der Waals surface area contributed by atoms with Crippen molar-refractivity contribution in [3.8, 4) is 0 Å². The van der Waals surface area contributed by atoms with Gasteiger partial charge in [0.2, 0.25) is 0 Å². The first-order chi connectivity index (χ1) is 12.8. The van der Waals surface area contributed by atoms with Gasteiger partial charge >= 0.3 is 0 Å². The van der Waals surface area contributed by atoms with Crippen molar-refractivity contribution in [2.45, 2.75) is 76.9 Å². The number of rotatable bonds is 4. The molecule has 0 aliphatic heterocycles. The maximum Gasteiger partial charge on any atom is 0.139 e. The van der Waals surface area contributed by atoms with Crippen LogP contribution in [0.4, 0.5) is 0 Å². The van der Waals surface area contributed by atoms with Crippen LogP contribution >= 0.6 is 0 Å². The third kappa shape index (κ3) is 3.01. The summed E-state index contributed by atoms with van der Waals surface area (Å²) in [6.07, 6.45) is 9.44. The van der Waals surface area contributed by atoms with Crippen LogP contribution in [0.5, 0.6) is 0 Å². The van der Waals surface area contributed by atoms with Gasteiger partial charge in [0.1, 0.15) is 5.78 Å². The summed E-state index contributed by atoms with van der Waals surface area (Å²) in [7, 11) is -0.746. The standard InChI is InChI=1S/C23H37NO2S/c1-15-13-17-18-5-6-21(25)23(18,3)10-8-19(17)22(2)9-7-16(14-20(15)22)27(26)12-4-11-24/h16-20H,1,4-14,24H2,2-3H3/t16-,17-,18-,19-,20?,22+,23-,27+/m0/s1. The summed E-state index contributed by atoms with van der Waals surface area (Å²) in [4.78, 5) is 12.6. The molecule has 4 fully saturated rings. The van der Waals surface area contributed by atoms with Crippen molar-refractivity contribution < 1.29 is 9.00 Å². The minimum Gasteiger partial charge on any atom is -0.330 e. The molecule has 152 valence electrons. The second-order valence-corrected chi connectivity index (χ2v) is 12.2. The van der Waals surface area contributed by atoms with E-state index in [1.54, 1.807) is 0 Å². The first-order valence-electron chi connectivity index (χ1n) is 11.1. The summed E-state index contributed by atoms with van der Waals surface area (Å²) in [5.41, 5.74) is 7.24. The van der Waals surface area contributed by atoms with Crippen LogP contribution in [0.25, 0.3) is 0 Å². The smallest absolute Gasteiger partial charge is 0.139 e. The highest BCUT2D eigenvalue weighted by Crippen LogP contribution is 2.66. The van der Waals surface area contributed by atoms with E-state index in [9.17, 15) is 9.00 Å². The van der Waals surface area contributed by atoms with Gasteiger partial charge in [-0.3, -0.25) is 9.00 Å². The predicted molar refractivity (Wildman–Crippen MR) is 112 cm³/mol. The lowest BCUT2D eigenvalue weighted by Crippen LogP contribution is -2.55. The molecule has 0 radical (unpaired) electrons. The molecular formula is C23H37NO2S. The minimum atomic E-state index is -0.746. The molecule has 0 spiro atoms. The molecule has 4 aliphatic rings. The minimum absolute atomic E-state index is 0.0639. The predicted octanol–water partition coefficient (Wildman–Crippen LogP) is 4.23. The van der Waals surface area contributed by atoms with Crippen LogP contribution in [0.2, 0.25) is 0 Å². The third-order valence-corrected chi connectivity index (χ3v) is 11.1. The number of carbonyl (C=O) groups is 1. The second-order valence-electron chi connectivity index (χ2n) is 10.3. The van der Waals surface area contributed by atoms with E-state index in [2.05, 4.69) is 20.4 Å². The van der Waals surface area contributed by atoms with Crippen molar-refractivity contribution in [2.24, 2.45) is 40.2 Å². The van der Waals surface area contributed by atoms with Crippen LogP contribution in [0.1, 0.15) is 71.6 Å². The van der Waals surface area contributed by atoms with E-state index in [-0.39, 0.29) is 5.41 Å². The van der Waals surface area contributed by atoms with Gasteiger partial charge in [-0.15, -0.1) is 0 Å². The fourth-order valence-corrected chi connectivity index (χ4v) is 9.18. The number of fused-ring (bicyclic) bond motifs is 5. The monoisotopic (exact) mass is 391 g/mol. The van der Waals surface area contributed by atoms with Crippen LogP contribution in [-0.4, -0.2) is 27.5 Å². The summed E-state index contributed by atoms with van der Waals surface area (Å²) in [6.45, 7) is 9.92. The van der Waals surface area contributed by atoms with Crippen molar-refractivity contribution in [1.82, 2.24) is 0 Å². The van der Waals surface area contributed by atoms with Crippen molar-refractivity contribution in [3.05, 3.63) is 12.2 Å². The van der Waals surface area contributed by atoms with Crippen molar-refractivity contribution in [2.75, 3.05) is 12.3 Å². The number of nitrogens with two attached hydrogens (primary N) is 1. The number of Topliss-reactive ketones (excluding diaryl/α,β-unsaturated/α-hetero) is 1. The highest BCUT2D eigenvalue weighted by Gasteiger charge is 2.61. The highest BCUT2D eigenvalue weighted by atomic mass is 32.2. The molecule has 0 bridgehead atoms. The van der Waals surface area contributed by atoms with Gasteiger partial charge in [-0.05, 0) is 87.0 Å². The Balaban J connectivity index is 1.55. The maximum absolute atomic E-state index is 12.7. The van der Waals surface area contributed by atoms with Gasteiger partial charge in [0.15, 0.2) is 0 Å². The van der Waals surface area contributed by atoms with Gasteiger partial charge in [-0.25, -0.2) is 0 Å². The lowest BCUT2D eigenvalue weighted by Gasteiger charge is -2.60. The molecule has 0 aromatic heterocycles. The van der Waals surface area contributed by atoms with E-state index < -0.39 is 10.8 Å². The Bertz CT molecular complexity index is 661. The molecule has 0 aromatic rings. The maximum atomic E-state index is 12.7. The van der Waals surface area contributed by atoms with Crippen LogP contribution in [0.15, 0.2) is 12.2 Å². The Morgan fingerprint density at radius 3 is 2.70 bits per heavy atom. The van der Waals surface area contributed by atoms with Crippen LogP contribution < -0.4 is 5.73 Å². The molecule has 4 saturated carbocycles. The Labute approximate surface area is 167 Å². The average Bonchev–Trinajstić information content (AvgIpc) is 2.95. The molecule has 0 saturated heterocycles. The lowest BCUT2D eigenvalue weighted by atomic mass is 9.44. The summed E-state index contributed by atoms with van der Waals surface area (Å²) in [5, 5.41) is 0.324. The Morgan fingerprint density at radius 2 is 1.96 bits per heavy atom. The molecule has 4 aliphatic carbocycles. The van der Waals surface area contributed by atoms with Crippen LogP contribution in [0.3, 0.4) is 0 Å². The SMILES string of the molecule is C=C1C[C@@H]2[C@H](CC[C@]3(C)C(=O)CC[C@@H]23)[C@@]2(C)CC[C@H]([S@](=O)CCCN)CC12. The molecule has 0 heterocycles. The van der Waals surface area contributed by atoms with Gasteiger partial charge in [0.25, 0.3) is 0 Å². The van der Waals surface area contributed by atoms with Crippen LogP contribution in [0, 0.1) is 34.5 Å². The zero-order valence-electron chi connectivity index (χ0n) is 17.2. The van der Waals surface area contributed by atoms with E-state index in [0.717, 1.165) is 56.6 Å². The van der Waals surface area contributed by atoms with Gasteiger partial charge < -0.3 is 5.73 Å². The average molecular weight is 392 g/mol. The summed E-state index contributed by atoms with van der Waals surface area (Å²) in [6, 6.07) is 0. The van der Waals surface area contributed by atoms with Crippen molar-refractivity contribution >= 4 is 16.6 Å². The second kappa shape index (κ2) is 7.09. The highest BCUT2D eigenvalue weighted by molar-refractivity contribution is 7.85. The number of carbonyl (C=O) groups excluding carboxylic acids is 1. The van der Waals surface area contributed by atoms with Gasteiger partial charge in [0, 0.05) is 33.6 Å². The summed E-state index contributed by atoms with van der Waals surface area (Å²) >= 11 is 0. The van der Waals surface area contributed by atoms with Crippen molar-refractivity contribution in [3.63, 3.8) is 0 Å². The molecule has 27 heavy (non-hydrogen) atoms. The topological polar surface area (TPSA) is 60.2 Å². The Morgan fingerprint density at radius 1 is 1.19 bits per heavy atom.